The highest BCUT2D eigenvalue weighted by Crippen LogP contribution is 2.40. The summed E-state index contributed by atoms with van der Waals surface area (Å²) in [6.07, 6.45) is 6.65. The van der Waals surface area contributed by atoms with Crippen molar-refractivity contribution in [3.8, 4) is 0 Å². The fourth-order valence-electron chi connectivity index (χ4n) is 4.01. The number of thioether (sulfide) groups is 1. The van der Waals surface area contributed by atoms with Gasteiger partial charge in [-0.05, 0) is 31.1 Å². The van der Waals surface area contributed by atoms with Crippen LogP contribution in [0.25, 0.3) is 0 Å². The second-order valence-electron chi connectivity index (χ2n) is 7.87. The minimum atomic E-state index is -1.32. The Labute approximate surface area is 177 Å². The Kier molecular flexibility index (Phi) is 9.67. The lowest BCUT2D eigenvalue weighted by Crippen LogP contribution is -2.52. The molecule has 0 aromatic heterocycles. The Hall–Kier alpha value is -1.37. The first-order valence-corrected chi connectivity index (χ1v) is 10.6. The summed E-state index contributed by atoms with van der Waals surface area (Å²) in [4.78, 5) is 43.5. The van der Waals surface area contributed by atoms with E-state index in [0.717, 1.165) is 49.4 Å². The van der Waals surface area contributed by atoms with Gasteiger partial charge in [-0.15, -0.1) is 17.5 Å². The summed E-state index contributed by atoms with van der Waals surface area (Å²) < 4.78 is 0. The summed E-state index contributed by atoms with van der Waals surface area (Å²) >= 11 is 1.55. The van der Waals surface area contributed by atoms with Crippen molar-refractivity contribution >= 4 is 47.1 Å². The predicted octanol–water partition coefficient (Wildman–Crippen LogP) is 3.09. The van der Waals surface area contributed by atoms with Crippen LogP contribution >= 0.6 is 24.2 Å². The van der Waals surface area contributed by atoms with Gasteiger partial charge in [0.2, 0.25) is 6.08 Å². The maximum Gasteiger partial charge on any atom is 0.312 e. The van der Waals surface area contributed by atoms with Crippen LogP contribution in [0.15, 0.2) is 10.1 Å². The Morgan fingerprint density at radius 2 is 1.96 bits per heavy atom. The number of nitrogens with zero attached hydrogens (tertiary/aromatic N) is 4. The van der Waals surface area contributed by atoms with E-state index in [4.69, 9.17) is 0 Å². The van der Waals surface area contributed by atoms with Crippen LogP contribution in [0.5, 0.6) is 0 Å². The van der Waals surface area contributed by atoms with E-state index in [2.05, 4.69) is 10.1 Å². The first-order chi connectivity index (χ1) is 12.8. The van der Waals surface area contributed by atoms with E-state index in [-0.39, 0.29) is 24.2 Å². The van der Waals surface area contributed by atoms with Crippen LogP contribution in [0.1, 0.15) is 52.4 Å². The van der Waals surface area contributed by atoms with Crippen molar-refractivity contribution in [1.29, 1.82) is 0 Å². The molecule has 0 spiro atoms. The molecule has 2 rings (SSSR count). The molecule has 0 N–H and O–H groups in total. The number of amides is 1. The quantitative estimate of drug-likeness (QED) is 0.268. The van der Waals surface area contributed by atoms with E-state index >= 15 is 0 Å². The molecular weight excluding hydrogens is 400 g/mol. The Balaban J connectivity index is 0.00000392. The second kappa shape index (κ2) is 11.0. The number of ketones is 1. The zero-order valence-electron chi connectivity index (χ0n) is 17.1. The first-order valence-electron chi connectivity index (χ1n) is 9.66. The van der Waals surface area contributed by atoms with E-state index in [0.29, 0.717) is 11.6 Å². The fourth-order valence-corrected chi connectivity index (χ4v) is 5.05. The van der Waals surface area contributed by atoms with Crippen LogP contribution in [-0.2, 0) is 14.4 Å². The maximum absolute atomic E-state index is 13.3. The zero-order chi connectivity index (χ0) is 20.0. The van der Waals surface area contributed by atoms with Gasteiger partial charge in [0.15, 0.2) is 5.17 Å². The molecule has 0 radical (unpaired) electrons. The summed E-state index contributed by atoms with van der Waals surface area (Å²) in [6.45, 7) is 4.81. The molecule has 0 aromatic carbocycles. The van der Waals surface area contributed by atoms with Crippen LogP contribution in [0.2, 0.25) is 0 Å². The third-order valence-corrected chi connectivity index (χ3v) is 6.38. The molecule has 1 aliphatic heterocycles. The first kappa shape index (κ1) is 24.7. The van der Waals surface area contributed by atoms with Gasteiger partial charge in [0.05, 0.1) is 0 Å². The minimum absolute atomic E-state index is 0. The number of Topliss-reactive ketones (excluding diaryl/α,β-unsaturated/α-hetero) is 1. The average Bonchev–Trinajstić information content (AvgIpc) is 3.05. The van der Waals surface area contributed by atoms with E-state index < -0.39 is 17.2 Å². The van der Waals surface area contributed by atoms with Crippen LogP contribution < -0.4 is 0 Å². The molecule has 1 saturated carbocycles. The van der Waals surface area contributed by atoms with Gasteiger partial charge in [0.1, 0.15) is 5.54 Å². The number of likely N-dealkylation sites (N-methyl/N-ethyl adjacent to an activating group) is 1. The molecule has 1 saturated heterocycles. The van der Waals surface area contributed by atoms with Gasteiger partial charge in [0.25, 0.3) is 5.78 Å². The SMILES string of the molecule is CC(C)CC(N=C=O)(C(=O)C(=O)N(C)N=C1SCCN1C)C1CCCCC1.Cl. The number of halogens is 1. The number of rotatable bonds is 7. The molecule has 2 aliphatic rings. The predicted molar refractivity (Wildman–Crippen MR) is 114 cm³/mol. The number of hydrazone groups is 1. The Morgan fingerprint density at radius 3 is 2.46 bits per heavy atom. The molecule has 158 valence electrons. The molecule has 1 atom stereocenters. The number of isocyanates is 1. The van der Waals surface area contributed by atoms with E-state index in [1.807, 2.05) is 25.8 Å². The standard InChI is InChI=1S/C19H30N4O3S.ClH/c1-14(2)12-19(20-13-24,15-8-6-5-7-9-15)16(25)17(26)23(4)21-18-22(3)10-11-27-18;/h14-15H,5-12H2,1-4H3;1H. The van der Waals surface area contributed by atoms with Crippen molar-refractivity contribution in [3.05, 3.63) is 0 Å². The summed E-state index contributed by atoms with van der Waals surface area (Å²) in [7, 11) is 3.40. The van der Waals surface area contributed by atoms with E-state index in [1.54, 1.807) is 17.8 Å². The molecule has 28 heavy (non-hydrogen) atoms. The Morgan fingerprint density at radius 1 is 1.32 bits per heavy atom. The van der Waals surface area contributed by atoms with Gasteiger partial charge in [-0.25, -0.2) is 9.80 Å². The normalized spacial score (nSPS) is 21.0. The lowest BCUT2D eigenvalue weighted by molar-refractivity contribution is -0.148. The van der Waals surface area contributed by atoms with Crippen LogP contribution in [0.3, 0.4) is 0 Å². The largest absolute Gasteiger partial charge is 0.352 e. The molecule has 9 heteroatoms. The van der Waals surface area contributed by atoms with Gasteiger partial charge in [-0.2, -0.15) is 4.99 Å². The highest BCUT2D eigenvalue weighted by molar-refractivity contribution is 8.14. The van der Waals surface area contributed by atoms with Gasteiger partial charge in [0, 0.05) is 26.4 Å². The van der Waals surface area contributed by atoms with Gasteiger partial charge in [-0.1, -0.05) is 44.9 Å². The van der Waals surface area contributed by atoms with Crippen LogP contribution in [0.4, 0.5) is 0 Å². The highest BCUT2D eigenvalue weighted by Gasteiger charge is 2.50. The van der Waals surface area contributed by atoms with Crippen molar-refractivity contribution in [1.82, 2.24) is 9.91 Å². The molecule has 1 amide bonds. The topological polar surface area (TPSA) is 82.4 Å². The number of aliphatic imine (C=N–C) groups is 1. The molecule has 7 nitrogen and oxygen atoms in total. The van der Waals surface area contributed by atoms with Gasteiger partial charge >= 0.3 is 5.91 Å². The number of hydrogen-bond acceptors (Lipinski definition) is 6. The summed E-state index contributed by atoms with van der Waals surface area (Å²) in [5.74, 6) is -0.428. The summed E-state index contributed by atoms with van der Waals surface area (Å²) in [6, 6.07) is 0. The van der Waals surface area contributed by atoms with Crippen molar-refractivity contribution in [3.63, 3.8) is 0 Å². The van der Waals surface area contributed by atoms with Crippen molar-refractivity contribution in [2.75, 3.05) is 26.4 Å². The maximum atomic E-state index is 13.3. The lowest BCUT2D eigenvalue weighted by atomic mass is 9.69. The Bertz CT molecular complexity index is 645. The smallest absolute Gasteiger partial charge is 0.312 e. The van der Waals surface area contributed by atoms with Crippen molar-refractivity contribution < 1.29 is 14.4 Å². The molecule has 2 fully saturated rings. The number of carbonyl (C=O) groups is 2. The third kappa shape index (κ3) is 5.58. The molecule has 1 heterocycles. The zero-order valence-corrected chi connectivity index (χ0v) is 18.8. The molecule has 0 bridgehead atoms. The number of amidine groups is 1. The molecule has 1 unspecified atom stereocenters. The molecule has 1 aliphatic carbocycles. The molecular formula is C19H31ClN4O3S. The average molecular weight is 431 g/mol. The highest BCUT2D eigenvalue weighted by atomic mass is 35.5. The third-order valence-electron chi connectivity index (χ3n) is 5.35. The van der Waals surface area contributed by atoms with Crippen molar-refractivity contribution in [2.45, 2.75) is 57.9 Å². The molecule has 0 aromatic rings. The van der Waals surface area contributed by atoms with Gasteiger partial charge in [-0.3, -0.25) is 9.59 Å². The lowest BCUT2D eigenvalue weighted by Gasteiger charge is -2.38. The summed E-state index contributed by atoms with van der Waals surface area (Å²) in [5, 5.41) is 6.12. The monoisotopic (exact) mass is 430 g/mol. The second-order valence-corrected chi connectivity index (χ2v) is 8.93. The van der Waals surface area contributed by atoms with Crippen LogP contribution in [0, 0.1) is 11.8 Å². The van der Waals surface area contributed by atoms with Crippen molar-refractivity contribution in [2.24, 2.45) is 21.9 Å². The number of carbonyl (C=O) groups excluding carboxylic acids is 3. The van der Waals surface area contributed by atoms with E-state index in [1.165, 1.54) is 7.05 Å². The number of hydrogen-bond donors (Lipinski definition) is 0. The fraction of sp³-hybridized carbons (Fsp3) is 0.789. The minimum Gasteiger partial charge on any atom is -0.352 e. The van der Waals surface area contributed by atoms with Gasteiger partial charge < -0.3 is 4.90 Å². The van der Waals surface area contributed by atoms with Crippen LogP contribution in [-0.4, -0.2) is 64.8 Å². The van der Waals surface area contributed by atoms with E-state index in [9.17, 15) is 14.4 Å². The summed E-state index contributed by atoms with van der Waals surface area (Å²) in [5.41, 5.74) is -1.32.